The van der Waals surface area contributed by atoms with Crippen LogP contribution < -0.4 is 10.9 Å². The van der Waals surface area contributed by atoms with Crippen molar-refractivity contribution in [2.24, 2.45) is 13.0 Å². The number of rotatable bonds is 7. The zero-order valence-corrected chi connectivity index (χ0v) is 20.8. The molecule has 4 aromatic rings. The number of hydrogen-bond donors (Lipinski definition) is 2. The Morgan fingerprint density at radius 1 is 1.14 bits per heavy atom. The number of nitrogens with zero attached hydrogens (tertiary/aromatic N) is 3. The van der Waals surface area contributed by atoms with Gasteiger partial charge in [0.2, 0.25) is 5.62 Å². The van der Waals surface area contributed by atoms with Gasteiger partial charge >= 0.3 is 0 Å². The SMILES string of the molecule is Cc1ccnc(C(NC(=O)c2cc(Cn3ccn(C)c3=N)cc(-c3ccc(F)cc3C)c2)C2CC2)c1. The first-order valence-electron chi connectivity index (χ1n) is 12.2. The number of aryl methyl sites for hydroxylation is 3. The zero-order chi connectivity index (χ0) is 25.4. The minimum Gasteiger partial charge on any atom is -0.343 e. The van der Waals surface area contributed by atoms with Gasteiger partial charge in [0.25, 0.3) is 5.91 Å². The fourth-order valence-corrected chi connectivity index (χ4v) is 4.69. The molecule has 184 valence electrons. The summed E-state index contributed by atoms with van der Waals surface area (Å²) >= 11 is 0. The lowest BCUT2D eigenvalue weighted by atomic mass is 9.95. The number of halogens is 1. The maximum absolute atomic E-state index is 13.8. The average Bonchev–Trinajstić information content (AvgIpc) is 3.64. The van der Waals surface area contributed by atoms with Crippen molar-refractivity contribution < 1.29 is 9.18 Å². The number of aromatic nitrogens is 3. The van der Waals surface area contributed by atoms with Crippen LogP contribution in [0.5, 0.6) is 0 Å². The van der Waals surface area contributed by atoms with Crippen molar-refractivity contribution in [1.82, 2.24) is 19.4 Å². The highest BCUT2D eigenvalue weighted by atomic mass is 19.1. The van der Waals surface area contributed by atoms with Crippen molar-refractivity contribution in [2.75, 3.05) is 0 Å². The van der Waals surface area contributed by atoms with E-state index in [1.807, 2.05) is 68.2 Å². The van der Waals surface area contributed by atoms with Gasteiger partial charge in [0.05, 0.1) is 18.3 Å². The smallest absolute Gasteiger partial charge is 0.251 e. The van der Waals surface area contributed by atoms with Gasteiger partial charge in [0, 0.05) is 31.2 Å². The molecule has 2 aromatic heterocycles. The van der Waals surface area contributed by atoms with E-state index in [2.05, 4.69) is 10.3 Å². The fraction of sp³-hybridized carbons (Fsp3) is 0.276. The Hall–Kier alpha value is -4.00. The molecular weight excluding hydrogens is 453 g/mol. The van der Waals surface area contributed by atoms with Gasteiger partial charge in [-0.25, -0.2) is 4.39 Å². The Balaban J connectivity index is 1.53. The van der Waals surface area contributed by atoms with E-state index in [4.69, 9.17) is 5.41 Å². The summed E-state index contributed by atoms with van der Waals surface area (Å²) in [4.78, 5) is 18.1. The van der Waals surface area contributed by atoms with Crippen LogP contribution in [0.4, 0.5) is 4.39 Å². The van der Waals surface area contributed by atoms with E-state index in [1.54, 1.807) is 16.8 Å². The highest BCUT2D eigenvalue weighted by molar-refractivity contribution is 5.96. The number of carbonyl (C=O) groups excluding carboxylic acids is 1. The summed E-state index contributed by atoms with van der Waals surface area (Å²) in [6.45, 7) is 4.34. The average molecular weight is 484 g/mol. The first kappa shape index (κ1) is 23.7. The van der Waals surface area contributed by atoms with Crippen molar-refractivity contribution in [3.8, 4) is 11.1 Å². The molecule has 2 aromatic carbocycles. The number of carbonyl (C=O) groups is 1. The zero-order valence-electron chi connectivity index (χ0n) is 20.8. The van der Waals surface area contributed by atoms with Crippen LogP contribution in [0.3, 0.4) is 0 Å². The van der Waals surface area contributed by atoms with E-state index < -0.39 is 0 Å². The predicted molar refractivity (Wildman–Crippen MR) is 137 cm³/mol. The Morgan fingerprint density at radius 2 is 1.94 bits per heavy atom. The molecule has 1 aliphatic rings. The Morgan fingerprint density at radius 3 is 2.61 bits per heavy atom. The molecule has 0 spiro atoms. The Kier molecular flexibility index (Phi) is 6.31. The van der Waals surface area contributed by atoms with Crippen LogP contribution in [0.1, 0.15) is 51.6 Å². The van der Waals surface area contributed by atoms with Crippen LogP contribution in [0.2, 0.25) is 0 Å². The second-order valence-corrected chi connectivity index (χ2v) is 9.79. The summed E-state index contributed by atoms with van der Waals surface area (Å²) in [5.74, 6) is -0.0692. The van der Waals surface area contributed by atoms with Crippen molar-refractivity contribution in [1.29, 1.82) is 5.41 Å². The van der Waals surface area contributed by atoms with Gasteiger partial charge in [0.15, 0.2) is 0 Å². The van der Waals surface area contributed by atoms with Crippen molar-refractivity contribution >= 4 is 5.91 Å². The lowest BCUT2D eigenvalue weighted by molar-refractivity contribution is 0.0930. The largest absolute Gasteiger partial charge is 0.343 e. The summed E-state index contributed by atoms with van der Waals surface area (Å²) in [5, 5.41) is 11.5. The summed E-state index contributed by atoms with van der Waals surface area (Å²) in [7, 11) is 1.83. The molecular formula is C29H30FN5O. The van der Waals surface area contributed by atoms with Crippen LogP contribution in [0.15, 0.2) is 67.1 Å². The topological polar surface area (TPSA) is 75.7 Å². The molecule has 1 aliphatic carbocycles. The van der Waals surface area contributed by atoms with Crippen LogP contribution in [0, 0.1) is 31.0 Å². The second-order valence-electron chi connectivity index (χ2n) is 9.79. The van der Waals surface area contributed by atoms with Crippen LogP contribution >= 0.6 is 0 Å². The monoisotopic (exact) mass is 483 g/mol. The van der Waals surface area contributed by atoms with Crippen LogP contribution in [-0.4, -0.2) is 20.0 Å². The van der Waals surface area contributed by atoms with Crippen LogP contribution in [-0.2, 0) is 13.6 Å². The normalized spacial score (nSPS) is 14.0. The Labute approximate surface area is 210 Å². The first-order valence-corrected chi connectivity index (χ1v) is 12.2. The maximum atomic E-state index is 13.8. The number of benzene rings is 2. The van der Waals surface area contributed by atoms with E-state index in [0.717, 1.165) is 46.4 Å². The number of hydrogen-bond acceptors (Lipinski definition) is 3. The predicted octanol–water partition coefficient (Wildman–Crippen LogP) is 5.05. The Bertz CT molecular complexity index is 1500. The molecule has 2 N–H and O–H groups in total. The van der Waals surface area contributed by atoms with Gasteiger partial charge in [-0.1, -0.05) is 6.07 Å². The molecule has 0 saturated heterocycles. The number of nitrogens with one attached hydrogen (secondary N) is 2. The summed E-state index contributed by atoms with van der Waals surface area (Å²) in [5.41, 5.74) is 6.30. The van der Waals surface area contributed by atoms with Crippen molar-refractivity contribution in [3.05, 3.63) is 107 Å². The minimum atomic E-state index is -0.290. The maximum Gasteiger partial charge on any atom is 0.251 e. The minimum absolute atomic E-state index is 0.139. The molecule has 0 radical (unpaired) electrons. The molecule has 7 heteroatoms. The van der Waals surface area contributed by atoms with Gasteiger partial charge in [-0.05, 0) is 103 Å². The van der Waals surface area contributed by atoms with Gasteiger partial charge in [-0.2, -0.15) is 0 Å². The molecule has 1 saturated carbocycles. The van der Waals surface area contributed by atoms with E-state index in [9.17, 15) is 9.18 Å². The molecule has 0 aliphatic heterocycles. The molecule has 1 unspecified atom stereocenters. The van der Waals surface area contributed by atoms with Gasteiger partial charge in [0.1, 0.15) is 5.82 Å². The van der Waals surface area contributed by atoms with Crippen molar-refractivity contribution in [2.45, 2.75) is 39.3 Å². The molecule has 2 heterocycles. The summed E-state index contributed by atoms with van der Waals surface area (Å²) < 4.78 is 17.4. The molecule has 0 bridgehead atoms. The highest BCUT2D eigenvalue weighted by Crippen LogP contribution is 2.40. The number of imidazole rings is 1. The first-order chi connectivity index (χ1) is 17.3. The van der Waals surface area contributed by atoms with Crippen molar-refractivity contribution in [3.63, 3.8) is 0 Å². The van der Waals surface area contributed by atoms with E-state index in [-0.39, 0.29) is 17.8 Å². The van der Waals surface area contributed by atoms with E-state index >= 15 is 0 Å². The molecule has 1 amide bonds. The van der Waals surface area contributed by atoms with Gasteiger partial charge in [-0.15, -0.1) is 0 Å². The molecule has 5 rings (SSSR count). The molecule has 1 atom stereocenters. The summed E-state index contributed by atoms with van der Waals surface area (Å²) in [6.07, 6.45) is 7.61. The summed E-state index contributed by atoms with van der Waals surface area (Å²) in [6, 6.07) is 14.3. The standard InChI is InChI=1S/C29H30FN5O/c1-18-8-9-32-26(12-18)27(21-4-5-21)33-28(36)23-15-20(17-35-11-10-34(3)29(35)31)14-22(16-23)25-7-6-24(30)13-19(25)2/h6-16,21,27,31H,4-5,17H2,1-3H3,(H,33,36). The fourth-order valence-electron chi connectivity index (χ4n) is 4.69. The lowest BCUT2D eigenvalue weighted by Crippen LogP contribution is -2.30. The second kappa shape index (κ2) is 9.57. The molecule has 1 fully saturated rings. The van der Waals surface area contributed by atoms with Crippen LogP contribution in [0.25, 0.3) is 11.1 Å². The quantitative estimate of drug-likeness (QED) is 0.386. The lowest BCUT2D eigenvalue weighted by Gasteiger charge is -2.19. The number of pyridine rings is 1. The third-order valence-electron chi connectivity index (χ3n) is 6.82. The van der Waals surface area contributed by atoms with Gasteiger partial charge < -0.3 is 14.5 Å². The van der Waals surface area contributed by atoms with E-state index in [1.165, 1.54) is 12.1 Å². The third-order valence-corrected chi connectivity index (χ3v) is 6.82. The van der Waals surface area contributed by atoms with Gasteiger partial charge in [-0.3, -0.25) is 15.2 Å². The molecule has 6 nitrogen and oxygen atoms in total. The molecule has 36 heavy (non-hydrogen) atoms. The third kappa shape index (κ3) is 5.00. The number of amides is 1. The highest BCUT2D eigenvalue weighted by Gasteiger charge is 2.34. The van der Waals surface area contributed by atoms with E-state index in [0.29, 0.717) is 23.6 Å².